The zero-order valence-corrected chi connectivity index (χ0v) is 13.6. The Bertz CT molecular complexity index is 200. The molecule has 116 valence electrons. The first-order valence-electron chi connectivity index (χ1n) is 7.36. The summed E-state index contributed by atoms with van der Waals surface area (Å²) in [6.45, 7) is 14.4. The summed E-state index contributed by atoms with van der Waals surface area (Å²) in [5.74, 6) is 1.22. The van der Waals surface area contributed by atoms with E-state index in [1.807, 2.05) is 6.92 Å². The second-order valence-corrected chi connectivity index (χ2v) is 6.26. The molecular weight excluding hydrogens is 242 g/mol. The van der Waals surface area contributed by atoms with Crippen molar-refractivity contribution in [3.63, 3.8) is 0 Å². The van der Waals surface area contributed by atoms with Gasteiger partial charge in [-0.2, -0.15) is 0 Å². The Labute approximate surface area is 119 Å². The van der Waals surface area contributed by atoms with Gasteiger partial charge in [0.2, 0.25) is 0 Å². The summed E-state index contributed by atoms with van der Waals surface area (Å²) in [6, 6.07) is 0. The predicted octanol–water partition coefficient (Wildman–Crippen LogP) is 2.01. The zero-order valence-electron chi connectivity index (χ0n) is 13.6. The van der Waals surface area contributed by atoms with E-state index in [-0.39, 0.29) is 6.10 Å². The van der Waals surface area contributed by atoms with Crippen LogP contribution in [0.4, 0.5) is 0 Å². The third-order valence-electron chi connectivity index (χ3n) is 2.69. The van der Waals surface area contributed by atoms with Crippen LogP contribution in [0.1, 0.15) is 34.6 Å². The van der Waals surface area contributed by atoms with Crippen molar-refractivity contribution in [1.82, 2.24) is 4.90 Å². The van der Waals surface area contributed by atoms with Gasteiger partial charge in [0.15, 0.2) is 0 Å². The van der Waals surface area contributed by atoms with E-state index < -0.39 is 6.10 Å². The van der Waals surface area contributed by atoms with Crippen LogP contribution in [0.25, 0.3) is 0 Å². The lowest BCUT2D eigenvalue weighted by molar-refractivity contribution is -0.0410. The molecule has 0 aromatic carbocycles. The van der Waals surface area contributed by atoms with Crippen LogP contribution in [0.5, 0.6) is 0 Å². The average Bonchev–Trinajstić information content (AvgIpc) is 2.24. The number of ether oxygens (including phenoxy) is 2. The molecule has 0 spiro atoms. The summed E-state index contributed by atoms with van der Waals surface area (Å²) in [7, 11) is 1.66. The summed E-state index contributed by atoms with van der Waals surface area (Å²) in [4.78, 5) is 2.32. The smallest absolute Gasteiger partial charge is 0.0900 e. The Morgan fingerprint density at radius 1 is 0.895 bits per heavy atom. The van der Waals surface area contributed by atoms with Gasteiger partial charge in [-0.25, -0.2) is 0 Å². The van der Waals surface area contributed by atoms with Gasteiger partial charge in [-0.3, -0.25) is 0 Å². The summed E-state index contributed by atoms with van der Waals surface area (Å²) in [6.07, 6.45) is -0.403. The maximum absolute atomic E-state index is 10.1. The first-order chi connectivity index (χ1) is 8.85. The molecule has 4 nitrogen and oxygen atoms in total. The molecule has 0 aliphatic carbocycles. The van der Waals surface area contributed by atoms with E-state index in [1.54, 1.807) is 7.11 Å². The van der Waals surface area contributed by atoms with E-state index in [1.165, 1.54) is 0 Å². The lowest BCUT2D eigenvalue weighted by atomic mass is 10.1. The van der Waals surface area contributed by atoms with Crippen molar-refractivity contribution >= 4 is 0 Å². The molecule has 0 fully saturated rings. The van der Waals surface area contributed by atoms with Gasteiger partial charge in [-0.1, -0.05) is 27.7 Å². The fraction of sp³-hybridized carbons (Fsp3) is 1.00. The first-order valence-corrected chi connectivity index (χ1v) is 7.36. The zero-order chi connectivity index (χ0) is 14.8. The standard InChI is InChI=1S/C15H33NO3/c1-12(2)7-16(8-13(3)4)9-15(17)11-19-14(5)10-18-6/h12-15,17H,7-11H2,1-6H3. The number of hydrogen-bond acceptors (Lipinski definition) is 4. The van der Waals surface area contributed by atoms with Crippen molar-refractivity contribution in [2.45, 2.75) is 46.8 Å². The molecule has 0 bridgehead atoms. The monoisotopic (exact) mass is 275 g/mol. The minimum atomic E-state index is -0.434. The maximum atomic E-state index is 10.1. The predicted molar refractivity (Wildman–Crippen MR) is 79.4 cm³/mol. The second kappa shape index (κ2) is 10.6. The first kappa shape index (κ1) is 18.8. The number of rotatable bonds is 11. The molecule has 0 aliphatic rings. The average molecular weight is 275 g/mol. The molecule has 0 heterocycles. The normalized spacial score (nSPS) is 15.5. The fourth-order valence-electron chi connectivity index (χ4n) is 2.17. The molecule has 2 unspecified atom stereocenters. The van der Waals surface area contributed by atoms with E-state index >= 15 is 0 Å². The third kappa shape index (κ3) is 11.4. The van der Waals surface area contributed by atoms with Crippen molar-refractivity contribution in [1.29, 1.82) is 0 Å². The molecule has 1 N–H and O–H groups in total. The maximum Gasteiger partial charge on any atom is 0.0900 e. The van der Waals surface area contributed by atoms with Crippen molar-refractivity contribution in [2.75, 3.05) is 40.0 Å². The van der Waals surface area contributed by atoms with Gasteiger partial charge in [0.1, 0.15) is 0 Å². The largest absolute Gasteiger partial charge is 0.389 e. The van der Waals surface area contributed by atoms with E-state index in [4.69, 9.17) is 9.47 Å². The van der Waals surface area contributed by atoms with Gasteiger partial charge < -0.3 is 19.5 Å². The van der Waals surface area contributed by atoms with Gasteiger partial charge in [-0.05, 0) is 18.8 Å². The van der Waals surface area contributed by atoms with Crippen LogP contribution in [0, 0.1) is 11.8 Å². The van der Waals surface area contributed by atoms with E-state index in [0.29, 0.717) is 31.6 Å². The molecule has 0 saturated carbocycles. The van der Waals surface area contributed by atoms with Crippen molar-refractivity contribution < 1.29 is 14.6 Å². The summed E-state index contributed by atoms with van der Waals surface area (Å²) in [5.41, 5.74) is 0. The van der Waals surface area contributed by atoms with Gasteiger partial charge in [0.25, 0.3) is 0 Å². The molecule has 4 heteroatoms. The fourth-order valence-corrected chi connectivity index (χ4v) is 2.17. The van der Waals surface area contributed by atoms with Crippen molar-refractivity contribution in [3.05, 3.63) is 0 Å². The number of methoxy groups -OCH3 is 1. The third-order valence-corrected chi connectivity index (χ3v) is 2.69. The lowest BCUT2D eigenvalue weighted by Gasteiger charge is -2.28. The number of nitrogens with zero attached hydrogens (tertiary/aromatic N) is 1. The van der Waals surface area contributed by atoms with E-state index in [0.717, 1.165) is 13.1 Å². The van der Waals surface area contributed by atoms with Crippen LogP contribution in [0.15, 0.2) is 0 Å². The highest BCUT2D eigenvalue weighted by Crippen LogP contribution is 2.05. The Morgan fingerprint density at radius 3 is 1.84 bits per heavy atom. The van der Waals surface area contributed by atoms with Crippen LogP contribution >= 0.6 is 0 Å². The summed E-state index contributed by atoms with van der Waals surface area (Å²) < 4.78 is 10.6. The van der Waals surface area contributed by atoms with Gasteiger partial charge in [-0.15, -0.1) is 0 Å². The molecule has 0 aliphatic heterocycles. The Morgan fingerprint density at radius 2 is 1.42 bits per heavy atom. The topological polar surface area (TPSA) is 41.9 Å². The van der Waals surface area contributed by atoms with Crippen molar-refractivity contribution in [2.24, 2.45) is 11.8 Å². The van der Waals surface area contributed by atoms with Crippen LogP contribution < -0.4 is 0 Å². The molecule has 2 atom stereocenters. The molecule has 0 aromatic heterocycles. The Kier molecular flexibility index (Phi) is 10.5. The van der Waals surface area contributed by atoms with Gasteiger partial charge in [0.05, 0.1) is 25.4 Å². The Hall–Kier alpha value is -0.160. The van der Waals surface area contributed by atoms with Crippen LogP contribution in [-0.2, 0) is 9.47 Å². The lowest BCUT2D eigenvalue weighted by Crippen LogP contribution is -2.39. The number of aliphatic hydroxyl groups is 1. The van der Waals surface area contributed by atoms with Crippen molar-refractivity contribution in [3.8, 4) is 0 Å². The summed E-state index contributed by atoms with van der Waals surface area (Å²) >= 11 is 0. The second-order valence-electron chi connectivity index (χ2n) is 6.26. The van der Waals surface area contributed by atoms with Crippen LogP contribution in [-0.4, -0.2) is 62.2 Å². The number of aliphatic hydroxyl groups excluding tert-OH is 1. The van der Waals surface area contributed by atoms with E-state index in [9.17, 15) is 5.11 Å². The van der Waals surface area contributed by atoms with Gasteiger partial charge >= 0.3 is 0 Å². The molecule has 0 rings (SSSR count). The quantitative estimate of drug-likeness (QED) is 0.626. The molecule has 0 radical (unpaired) electrons. The minimum absolute atomic E-state index is 0.0308. The Balaban J connectivity index is 4.03. The SMILES string of the molecule is COCC(C)OCC(O)CN(CC(C)C)CC(C)C. The molecule has 19 heavy (non-hydrogen) atoms. The van der Waals surface area contributed by atoms with E-state index in [2.05, 4.69) is 32.6 Å². The highest BCUT2D eigenvalue weighted by molar-refractivity contribution is 4.68. The minimum Gasteiger partial charge on any atom is -0.389 e. The number of hydrogen-bond donors (Lipinski definition) is 1. The molecular formula is C15H33NO3. The van der Waals surface area contributed by atoms with Crippen LogP contribution in [0.3, 0.4) is 0 Å². The molecule has 0 saturated heterocycles. The molecule has 0 amide bonds. The van der Waals surface area contributed by atoms with Crippen LogP contribution in [0.2, 0.25) is 0 Å². The highest BCUT2D eigenvalue weighted by atomic mass is 16.5. The summed E-state index contributed by atoms with van der Waals surface area (Å²) in [5, 5.41) is 10.1. The van der Waals surface area contributed by atoms with Gasteiger partial charge in [0, 0.05) is 26.7 Å². The highest BCUT2D eigenvalue weighted by Gasteiger charge is 2.15. The molecule has 0 aromatic rings.